The predicted molar refractivity (Wildman–Crippen MR) is 55.3 cm³/mol. The summed E-state index contributed by atoms with van der Waals surface area (Å²) >= 11 is 0. The Hall–Kier alpha value is -1.19. The van der Waals surface area contributed by atoms with E-state index in [1.54, 1.807) is 12.1 Å². The van der Waals surface area contributed by atoms with E-state index in [1.165, 1.54) is 6.07 Å². The van der Waals surface area contributed by atoms with Crippen LogP contribution in [-0.4, -0.2) is 18.7 Å². The molecule has 0 amide bonds. The van der Waals surface area contributed by atoms with Crippen molar-refractivity contribution in [2.75, 3.05) is 13.6 Å². The molecule has 1 aromatic rings. The van der Waals surface area contributed by atoms with Crippen LogP contribution in [0.5, 0.6) is 0 Å². The molecule has 2 nitrogen and oxygen atoms in total. The summed E-state index contributed by atoms with van der Waals surface area (Å²) in [5.74, 6) is -0.363. The molecule has 0 saturated heterocycles. The van der Waals surface area contributed by atoms with Gasteiger partial charge >= 0.3 is 0 Å². The van der Waals surface area contributed by atoms with Gasteiger partial charge in [0.05, 0.1) is 6.61 Å². The van der Waals surface area contributed by atoms with Crippen molar-refractivity contribution in [1.82, 2.24) is 5.32 Å². The summed E-state index contributed by atoms with van der Waals surface area (Å²) in [5, 5.41) is 11.8. The van der Waals surface area contributed by atoms with Gasteiger partial charge in [-0.25, -0.2) is 4.39 Å². The van der Waals surface area contributed by atoms with Crippen LogP contribution in [0.4, 0.5) is 4.39 Å². The molecule has 76 valence electrons. The van der Waals surface area contributed by atoms with E-state index in [0.29, 0.717) is 5.56 Å². The van der Waals surface area contributed by atoms with Gasteiger partial charge in [0.25, 0.3) is 0 Å². The lowest BCUT2D eigenvalue weighted by Crippen LogP contribution is -2.03. The Morgan fingerprint density at radius 3 is 2.93 bits per heavy atom. The van der Waals surface area contributed by atoms with E-state index in [-0.39, 0.29) is 12.4 Å². The topological polar surface area (TPSA) is 32.3 Å². The number of hydrogen-bond donors (Lipinski definition) is 2. The highest BCUT2D eigenvalue weighted by Gasteiger charge is 1.99. The zero-order valence-electron chi connectivity index (χ0n) is 8.13. The number of rotatable bonds is 4. The number of halogens is 1. The van der Waals surface area contributed by atoms with Gasteiger partial charge in [-0.2, -0.15) is 0 Å². The Bertz CT molecular complexity index is 323. The Morgan fingerprint density at radius 1 is 1.50 bits per heavy atom. The van der Waals surface area contributed by atoms with Gasteiger partial charge in [-0.3, -0.25) is 0 Å². The first kappa shape index (κ1) is 10.9. The van der Waals surface area contributed by atoms with Gasteiger partial charge < -0.3 is 10.4 Å². The van der Waals surface area contributed by atoms with Crippen molar-refractivity contribution in [3.05, 3.63) is 41.2 Å². The minimum atomic E-state index is -0.363. The molecule has 0 heterocycles. The summed E-state index contributed by atoms with van der Waals surface area (Å²) < 4.78 is 13.0. The third-order valence-corrected chi connectivity index (χ3v) is 1.87. The van der Waals surface area contributed by atoms with Crippen molar-refractivity contribution in [2.45, 2.75) is 6.61 Å². The fraction of sp³-hybridized carbons (Fsp3) is 0.273. The molecule has 1 aromatic carbocycles. The number of nitrogens with one attached hydrogen (secondary N) is 1. The van der Waals surface area contributed by atoms with Crippen LogP contribution in [0.2, 0.25) is 0 Å². The van der Waals surface area contributed by atoms with Crippen molar-refractivity contribution in [2.24, 2.45) is 0 Å². The maximum atomic E-state index is 13.0. The van der Waals surface area contributed by atoms with E-state index in [9.17, 15) is 4.39 Å². The smallest absolute Gasteiger partial charge is 0.128 e. The van der Waals surface area contributed by atoms with Crippen LogP contribution >= 0.6 is 0 Å². The quantitative estimate of drug-likeness (QED) is 0.764. The Labute approximate surface area is 83.1 Å². The maximum Gasteiger partial charge on any atom is 0.128 e. The first-order chi connectivity index (χ1) is 6.77. The zero-order chi connectivity index (χ0) is 10.4. The van der Waals surface area contributed by atoms with Gasteiger partial charge in [-0.05, 0) is 24.7 Å². The molecule has 0 bridgehead atoms. The van der Waals surface area contributed by atoms with Crippen molar-refractivity contribution in [3.63, 3.8) is 0 Å². The van der Waals surface area contributed by atoms with Crippen LogP contribution in [-0.2, 0) is 6.61 Å². The molecular formula is C11H14FNO. The molecule has 0 saturated carbocycles. The number of hydrogen-bond acceptors (Lipinski definition) is 2. The second-order valence-electron chi connectivity index (χ2n) is 2.97. The molecule has 0 atom stereocenters. The van der Waals surface area contributed by atoms with E-state index in [2.05, 4.69) is 5.32 Å². The molecule has 0 unspecified atom stereocenters. The second kappa shape index (κ2) is 5.52. The lowest BCUT2D eigenvalue weighted by atomic mass is 10.1. The molecule has 1 rings (SSSR count). The lowest BCUT2D eigenvalue weighted by molar-refractivity contribution is 0.275. The van der Waals surface area contributed by atoms with Gasteiger partial charge in [-0.1, -0.05) is 18.2 Å². The van der Waals surface area contributed by atoms with Gasteiger partial charge in [0.1, 0.15) is 5.82 Å². The molecule has 0 aromatic heterocycles. The van der Waals surface area contributed by atoms with E-state index in [1.807, 2.05) is 19.2 Å². The summed E-state index contributed by atoms with van der Waals surface area (Å²) in [6.07, 6.45) is 3.82. The fourth-order valence-corrected chi connectivity index (χ4v) is 1.13. The first-order valence-corrected chi connectivity index (χ1v) is 4.48. The molecule has 0 aliphatic heterocycles. The summed E-state index contributed by atoms with van der Waals surface area (Å²) in [6.45, 7) is 0.505. The lowest BCUT2D eigenvalue weighted by Gasteiger charge is -2.00. The summed E-state index contributed by atoms with van der Waals surface area (Å²) in [6, 6.07) is 4.69. The van der Waals surface area contributed by atoms with Crippen molar-refractivity contribution in [1.29, 1.82) is 0 Å². The molecule has 3 heteroatoms. The standard InChI is InChI=1S/C11H14FNO/c1-13-6-2-3-9-4-5-11(12)10(7-9)8-14/h2-5,7,13-14H,6,8H2,1H3. The van der Waals surface area contributed by atoms with Crippen LogP contribution in [0.25, 0.3) is 6.08 Å². The monoisotopic (exact) mass is 195 g/mol. The van der Waals surface area contributed by atoms with Gasteiger partial charge in [0.15, 0.2) is 0 Å². The van der Waals surface area contributed by atoms with Crippen LogP contribution in [0.15, 0.2) is 24.3 Å². The average Bonchev–Trinajstić information content (AvgIpc) is 2.21. The van der Waals surface area contributed by atoms with E-state index in [4.69, 9.17) is 5.11 Å². The van der Waals surface area contributed by atoms with Crippen molar-refractivity contribution < 1.29 is 9.50 Å². The highest BCUT2D eigenvalue weighted by molar-refractivity contribution is 5.50. The highest BCUT2D eigenvalue weighted by Crippen LogP contribution is 2.11. The van der Waals surface area contributed by atoms with E-state index in [0.717, 1.165) is 12.1 Å². The van der Waals surface area contributed by atoms with Gasteiger partial charge in [-0.15, -0.1) is 0 Å². The van der Waals surface area contributed by atoms with Crippen LogP contribution in [0, 0.1) is 5.82 Å². The number of aliphatic hydroxyl groups is 1. The molecule has 14 heavy (non-hydrogen) atoms. The molecule has 2 N–H and O–H groups in total. The normalized spacial score (nSPS) is 11.1. The van der Waals surface area contributed by atoms with E-state index < -0.39 is 0 Å². The second-order valence-corrected chi connectivity index (χ2v) is 2.97. The number of likely N-dealkylation sites (N-methyl/N-ethyl adjacent to an activating group) is 1. The summed E-state index contributed by atoms with van der Waals surface area (Å²) in [4.78, 5) is 0. The molecule has 0 spiro atoms. The van der Waals surface area contributed by atoms with Crippen LogP contribution in [0.3, 0.4) is 0 Å². The molecule has 0 fully saturated rings. The van der Waals surface area contributed by atoms with Gasteiger partial charge in [0, 0.05) is 12.1 Å². The molecular weight excluding hydrogens is 181 g/mol. The van der Waals surface area contributed by atoms with Crippen molar-refractivity contribution >= 4 is 6.08 Å². The minimum Gasteiger partial charge on any atom is -0.392 e. The SMILES string of the molecule is CNCC=Cc1ccc(F)c(CO)c1. The zero-order valence-corrected chi connectivity index (χ0v) is 8.13. The summed E-state index contributed by atoms with van der Waals surface area (Å²) in [7, 11) is 1.86. The Kier molecular flexibility index (Phi) is 4.29. The molecule has 0 aliphatic carbocycles. The van der Waals surface area contributed by atoms with Crippen LogP contribution < -0.4 is 5.32 Å². The summed E-state index contributed by atoms with van der Waals surface area (Å²) in [5.41, 5.74) is 1.22. The Balaban J connectivity index is 2.79. The average molecular weight is 195 g/mol. The predicted octanol–water partition coefficient (Wildman–Crippen LogP) is 1.55. The third kappa shape index (κ3) is 2.94. The molecule has 0 aliphatic rings. The van der Waals surface area contributed by atoms with Gasteiger partial charge in [0.2, 0.25) is 0 Å². The molecule has 0 radical (unpaired) electrons. The minimum absolute atomic E-state index is 0.264. The largest absolute Gasteiger partial charge is 0.392 e. The fourth-order valence-electron chi connectivity index (χ4n) is 1.13. The number of aliphatic hydroxyl groups excluding tert-OH is 1. The van der Waals surface area contributed by atoms with E-state index >= 15 is 0 Å². The van der Waals surface area contributed by atoms with Crippen LogP contribution in [0.1, 0.15) is 11.1 Å². The third-order valence-electron chi connectivity index (χ3n) is 1.87. The maximum absolute atomic E-state index is 13.0. The Morgan fingerprint density at radius 2 is 2.29 bits per heavy atom. The first-order valence-electron chi connectivity index (χ1n) is 4.48. The highest BCUT2D eigenvalue weighted by atomic mass is 19.1. The van der Waals surface area contributed by atoms with Crippen molar-refractivity contribution in [3.8, 4) is 0 Å². The number of benzene rings is 1.